The van der Waals surface area contributed by atoms with Gasteiger partial charge in [-0.2, -0.15) is 0 Å². The monoisotopic (exact) mass is 469 g/mol. The lowest BCUT2D eigenvalue weighted by molar-refractivity contribution is -0.130. The Morgan fingerprint density at radius 3 is 2.50 bits per heavy atom. The second kappa shape index (κ2) is 10.5. The molecule has 0 N–H and O–H groups in total. The van der Waals surface area contributed by atoms with Crippen LogP contribution in [0.15, 0.2) is 53.7 Å². The zero-order valence-corrected chi connectivity index (χ0v) is 20.1. The van der Waals surface area contributed by atoms with Gasteiger partial charge in [-0.15, -0.1) is 10.2 Å². The van der Waals surface area contributed by atoms with Crippen LogP contribution < -0.4 is 0 Å². The molecule has 0 atom stereocenters. The van der Waals surface area contributed by atoms with Crippen molar-refractivity contribution in [2.24, 2.45) is 0 Å². The van der Waals surface area contributed by atoms with Crippen molar-refractivity contribution in [1.29, 1.82) is 0 Å². The van der Waals surface area contributed by atoms with E-state index in [4.69, 9.17) is 11.6 Å². The number of carbonyl (C=O) groups is 1. The van der Waals surface area contributed by atoms with E-state index in [1.165, 1.54) is 17.3 Å². The van der Waals surface area contributed by atoms with E-state index in [1.807, 2.05) is 40.7 Å². The molecule has 4 rings (SSSR count). The number of hydrogen-bond acceptors (Lipinski definition) is 5. The number of carbonyl (C=O) groups excluding carboxylic acids is 1. The molecule has 0 radical (unpaired) electrons. The summed E-state index contributed by atoms with van der Waals surface area (Å²) in [4.78, 5) is 17.2. The first kappa shape index (κ1) is 22.8. The van der Waals surface area contributed by atoms with E-state index < -0.39 is 0 Å². The van der Waals surface area contributed by atoms with Crippen LogP contribution in [0.2, 0.25) is 5.02 Å². The number of nitrogens with zero attached hydrogens (tertiary/aromatic N) is 5. The van der Waals surface area contributed by atoms with Gasteiger partial charge in [0.1, 0.15) is 0 Å². The van der Waals surface area contributed by atoms with Gasteiger partial charge in [0.15, 0.2) is 11.0 Å². The molecule has 0 aliphatic carbocycles. The van der Waals surface area contributed by atoms with E-state index in [-0.39, 0.29) is 5.91 Å². The quantitative estimate of drug-likeness (QED) is 0.481. The smallest absolute Gasteiger partial charge is 0.233 e. The zero-order valence-electron chi connectivity index (χ0n) is 18.5. The molecule has 0 saturated carbocycles. The Bertz CT molecular complexity index is 1060. The van der Waals surface area contributed by atoms with E-state index >= 15 is 0 Å². The predicted octanol–water partition coefficient (Wildman–Crippen LogP) is 4.36. The third kappa shape index (κ3) is 5.34. The van der Waals surface area contributed by atoms with Crippen LogP contribution in [0.1, 0.15) is 18.1 Å². The number of amides is 1. The Hall–Kier alpha value is -2.35. The molecule has 0 bridgehead atoms. The van der Waals surface area contributed by atoms with E-state index in [9.17, 15) is 4.79 Å². The SMILES string of the molecule is CCn1c(SCC(=O)N2CCN(Cc3ccccc3)CC2)nnc1-c1ccc(C)c(Cl)c1. The molecule has 3 aromatic rings. The highest BCUT2D eigenvalue weighted by Crippen LogP contribution is 2.27. The summed E-state index contributed by atoms with van der Waals surface area (Å²) in [7, 11) is 0. The number of rotatable bonds is 7. The molecule has 0 spiro atoms. The Kier molecular flexibility index (Phi) is 7.50. The average Bonchev–Trinajstić information content (AvgIpc) is 3.23. The first-order chi connectivity index (χ1) is 15.5. The summed E-state index contributed by atoms with van der Waals surface area (Å²) in [5.74, 6) is 1.30. The van der Waals surface area contributed by atoms with E-state index in [0.717, 1.165) is 61.4 Å². The molecule has 8 heteroatoms. The highest BCUT2D eigenvalue weighted by molar-refractivity contribution is 7.99. The summed E-state index contributed by atoms with van der Waals surface area (Å²) in [6.45, 7) is 9.01. The molecule has 168 valence electrons. The number of thioether (sulfide) groups is 1. The summed E-state index contributed by atoms with van der Waals surface area (Å²) in [5, 5.41) is 10.2. The van der Waals surface area contributed by atoms with Gasteiger partial charge >= 0.3 is 0 Å². The maximum Gasteiger partial charge on any atom is 0.233 e. The second-order valence-electron chi connectivity index (χ2n) is 7.95. The van der Waals surface area contributed by atoms with Crippen LogP contribution in [0.4, 0.5) is 0 Å². The number of aromatic nitrogens is 3. The lowest BCUT2D eigenvalue weighted by atomic mass is 10.1. The Morgan fingerprint density at radius 2 is 1.81 bits per heavy atom. The first-order valence-electron chi connectivity index (χ1n) is 10.9. The molecule has 2 aromatic carbocycles. The number of halogens is 1. The van der Waals surface area contributed by atoms with Crippen LogP contribution in [0, 0.1) is 6.92 Å². The molecule has 32 heavy (non-hydrogen) atoms. The molecule has 0 unspecified atom stereocenters. The molecule has 6 nitrogen and oxygen atoms in total. The fourth-order valence-electron chi connectivity index (χ4n) is 3.84. The molecule has 1 amide bonds. The lowest BCUT2D eigenvalue weighted by Crippen LogP contribution is -2.48. The van der Waals surface area contributed by atoms with E-state index in [1.54, 1.807) is 0 Å². The summed E-state index contributed by atoms with van der Waals surface area (Å²) < 4.78 is 2.04. The van der Waals surface area contributed by atoms with Crippen molar-refractivity contribution >= 4 is 29.3 Å². The summed E-state index contributed by atoms with van der Waals surface area (Å²) in [6.07, 6.45) is 0. The zero-order chi connectivity index (χ0) is 22.5. The van der Waals surface area contributed by atoms with Gasteiger partial charge in [-0.1, -0.05) is 65.8 Å². The van der Waals surface area contributed by atoms with Crippen LogP contribution in [0.5, 0.6) is 0 Å². The third-order valence-electron chi connectivity index (χ3n) is 5.76. The van der Waals surface area contributed by atoms with Gasteiger partial charge in [-0.05, 0) is 31.0 Å². The van der Waals surface area contributed by atoms with Gasteiger partial charge < -0.3 is 9.47 Å². The Morgan fingerprint density at radius 1 is 1.06 bits per heavy atom. The van der Waals surface area contributed by atoms with Crippen LogP contribution in [-0.2, 0) is 17.9 Å². The van der Waals surface area contributed by atoms with Crippen LogP contribution in [-0.4, -0.2) is 62.4 Å². The van der Waals surface area contributed by atoms with Gasteiger partial charge in [0.25, 0.3) is 0 Å². The van der Waals surface area contributed by atoms with Gasteiger partial charge in [0.05, 0.1) is 5.75 Å². The minimum atomic E-state index is 0.153. The number of benzene rings is 2. The molecule has 1 aliphatic heterocycles. The van der Waals surface area contributed by atoms with Crippen molar-refractivity contribution in [3.05, 3.63) is 64.7 Å². The topological polar surface area (TPSA) is 54.3 Å². The summed E-state index contributed by atoms with van der Waals surface area (Å²) in [5.41, 5.74) is 3.28. The third-order valence-corrected chi connectivity index (χ3v) is 7.12. The molecule has 1 aromatic heterocycles. The average molecular weight is 470 g/mol. The normalized spacial score (nSPS) is 14.7. The minimum Gasteiger partial charge on any atom is -0.339 e. The molecular weight excluding hydrogens is 442 g/mol. The van der Waals surface area contributed by atoms with Crippen molar-refractivity contribution < 1.29 is 4.79 Å². The number of piperazine rings is 1. The fourth-order valence-corrected chi connectivity index (χ4v) is 4.93. The number of aryl methyl sites for hydroxylation is 1. The van der Waals surface area contributed by atoms with Gasteiger partial charge in [0, 0.05) is 49.9 Å². The molecular formula is C24H28ClN5OS. The van der Waals surface area contributed by atoms with Crippen LogP contribution >= 0.6 is 23.4 Å². The lowest BCUT2D eigenvalue weighted by Gasteiger charge is -2.34. The summed E-state index contributed by atoms with van der Waals surface area (Å²) >= 11 is 7.75. The van der Waals surface area contributed by atoms with Crippen molar-refractivity contribution in [2.45, 2.75) is 32.1 Å². The minimum absolute atomic E-state index is 0.153. The first-order valence-corrected chi connectivity index (χ1v) is 12.3. The molecule has 1 saturated heterocycles. The largest absolute Gasteiger partial charge is 0.339 e. The van der Waals surface area contributed by atoms with Crippen molar-refractivity contribution in [3.8, 4) is 11.4 Å². The standard InChI is InChI=1S/C24H28ClN5OS/c1-3-30-23(20-10-9-18(2)21(25)15-20)26-27-24(30)32-17-22(31)29-13-11-28(12-14-29)16-19-7-5-4-6-8-19/h4-10,15H,3,11-14,16-17H2,1-2H3. The van der Waals surface area contributed by atoms with Gasteiger partial charge in [-0.25, -0.2) is 0 Å². The highest BCUT2D eigenvalue weighted by Gasteiger charge is 2.22. The number of hydrogen-bond donors (Lipinski definition) is 0. The van der Waals surface area contributed by atoms with Gasteiger partial charge in [-0.3, -0.25) is 9.69 Å². The van der Waals surface area contributed by atoms with E-state index in [2.05, 4.69) is 46.3 Å². The second-order valence-corrected chi connectivity index (χ2v) is 9.30. The highest BCUT2D eigenvalue weighted by atomic mass is 35.5. The fraction of sp³-hybridized carbons (Fsp3) is 0.375. The Labute approximate surface area is 198 Å². The molecule has 1 aliphatic rings. The Balaban J connectivity index is 1.32. The molecule has 2 heterocycles. The predicted molar refractivity (Wildman–Crippen MR) is 130 cm³/mol. The summed E-state index contributed by atoms with van der Waals surface area (Å²) in [6, 6.07) is 16.4. The van der Waals surface area contributed by atoms with Crippen molar-refractivity contribution in [1.82, 2.24) is 24.6 Å². The maximum atomic E-state index is 12.8. The van der Waals surface area contributed by atoms with Gasteiger partial charge in [0.2, 0.25) is 5.91 Å². The van der Waals surface area contributed by atoms with Crippen LogP contribution in [0.25, 0.3) is 11.4 Å². The van der Waals surface area contributed by atoms with Crippen LogP contribution in [0.3, 0.4) is 0 Å². The maximum absolute atomic E-state index is 12.8. The van der Waals surface area contributed by atoms with E-state index in [0.29, 0.717) is 10.8 Å². The van der Waals surface area contributed by atoms with Crippen molar-refractivity contribution in [2.75, 3.05) is 31.9 Å². The molecule has 1 fully saturated rings. The van der Waals surface area contributed by atoms with Crippen molar-refractivity contribution in [3.63, 3.8) is 0 Å².